The lowest BCUT2D eigenvalue weighted by Crippen LogP contribution is -2.12. The lowest BCUT2D eigenvalue weighted by molar-refractivity contribution is 0.386. The molecule has 1 heterocycles. The molecule has 0 radical (unpaired) electrons. The first-order valence-corrected chi connectivity index (χ1v) is 6.95. The molecule has 0 amide bonds. The number of hydrogen-bond acceptors (Lipinski definition) is 4. The number of thiazole rings is 1. The van der Waals surface area contributed by atoms with E-state index in [2.05, 4.69) is 18.8 Å². The predicted octanol–water partition coefficient (Wildman–Crippen LogP) is 3.46. The van der Waals surface area contributed by atoms with Crippen LogP contribution in [0.3, 0.4) is 0 Å². The summed E-state index contributed by atoms with van der Waals surface area (Å²) >= 11 is 1.51. The van der Waals surface area contributed by atoms with Gasteiger partial charge in [0.2, 0.25) is 0 Å². The number of aromatic nitrogens is 1. The topological polar surface area (TPSA) is 48.1 Å². The first-order chi connectivity index (χ1) is 9.02. The summed E-state index contributed by atoms with van der Waals surface area (Å²) in [5, 5.41) is 2.80. The normalized spacial score (nSPS) is 12.7. The number of hydrogen-bond donors (Lipinski definition) is 1. The molecular formula is C14H17FN2OS. The highest BCUT2D eigenvalue weighted by Crippen LogP contribution is 2.28. The molecule has 0 aliphatic carbocycles. The van der Waals surface area contributed by atoms with Crippen molar-refractivity contribution in [1.29, 1.82) is 0 Å². The molecule has 0 aliphatic rings. The van der Waals surface area contributed by atoms with Gasteiger partial charge in [-0.25, -0.2) is 9.37 Å². The van der Waals surface area contributed by atoms with Crippen molar-refractivity contribution in [2.24, 2.45) is 5.73 Å². The van der Waals surface area contributed by atoms with Gasteiger partial charge in [0.1, 0.15) is 5.01 Å². The highest BCUT2D eigenvalue weighted by atomic mass is 32.1. The number of nitrogens with two attached hydrogens (primary N) is 1. The third-order valence-corrected chi connectivity index (χ3v) is 3.88. The molecule has 1 atom stereocenters. The molecule has 2 rings (SSSR count). The average molecular weight is 280 g/mol. The van der Waals surface area contributed by atoms with Crippen molar-refractivity contribution in [1.82, 2.24) is 4.98 Å². The fourth-order valence-corrected chi connectivity index (χ4v) is 2.73. The third kappa shape index (κ3) is 2.93. The van der Waals surface area contributed by atoms with E-state index < -0.39 is 11.9 Å². The van der Waals surface area contributed by atoms with Crippen molar-refractivity contribution in [2.75, 3.05) is 7.11 Å². The van der Waals surface area contributed by atoms with Gasteiger partial charge in [-0.1, -0.05) is 19.9 Å². The predicted molar refractivity (Wildman–Crippen MR) is 75.2 cm³/mol. The molecule has 1 unspecified atom stereocenters. The molecule has 0 spiro atoms. The average Bonchev–Trinajstić information content (AvgIpc) is 2.87. The summed E-state index contributed by atoms with van der Waals surface area (Å²) in [5.41, 5.74) is 7.85. The van der Waals surface area contributed by atoms with E-state index in [4.69, 9.17) is 10.5 Å². The zero-order valence-corrected chi connectivity index (χ0v) is 12.0. The van der Waals surface area contributed by atoms with Gasteiger partial charge >= 0.3 is 0 Å². The zero-order valence-electron chi connectivity index (χ0n) is 11.2. The summed E-state index contributed by atoms with van der Waals surface area (Å²) in [6.45, 7) is 4.16. The fourth-order valence-electron chi connectivity index (χ4n) is 1.73. The first-order valence-electron chi connectivity index (χ1n) is 6.07. The van der Waals surface area contributed by atoms with Crippen LogP contribution >= 0.6 is 11.3 Å². The summed E-state index contributed by atoms with van der Waals surface area (Å²) in [4.78, 5) is 4.50. The van der Waals surface area contributed by atoms with E-state index in [9.17, 15) is 4.39 Å². The molecule has 0 fully saturated rings. The lowest BCUT2D eigenvalue weighted by Gasteiger charge is -2.10. The van der Waals surface area contributed by atoms with E-state index in [0.29, 0.717) is 11.5 Å². The number of ether oxygens (including phenoxy) is 1. The molecule has 19 heavy (non-hydrogen) atoms. The van der Waals surface area contributed by atoms with Crippen LogP contribution in [-0.2, 0) is 0 Å². The molecule has 2 aromatic rings. The smallest absolute Gasteiger partial charge is 0.165 e. The molecule has 0 saturated heterocycles. The molecule has 2 N–H and O–H groups in total. The van der Waals surface area contributed by atoms with Crippen molar-refractivity contribution in [3.05, 3.63) is 45.7 Å². The highest BCUT2D eigenvalue weighted by Gasteiger charge is 2.16. The fraction of sp³-hybridized carbons (Fsp3) is 0.357. The van der Waals surface area contributed by atoms with E-state index in [0.717, 1.165) is 10.7 Å². The highest BCUT2D eigenvalue weighted by molar-refractivity contribution is 7.09. The minimum Gasteiger partial charge on any atom is -0.494 e. The maximum absolute atomic E-state index is 13.7. The van der Waals surface area contributed by atoms with Gasteiger partial charge in [0.15, 0.2) is 11.6 Å². The molecule has 0 saturated carbocycles. The minimum atomic E-state index is -0.406. The second-order valence-corrected chi connectivity index (χ2v) is 5.53. The van der Waals surface area contributed by atoms with Gasteiger partial charge in [-0.2, -0.15) is 0 Å². The molecule has 5 heteroatoms. The molecule has 0 aliphatic heterocycles. The van der Waals surface area contributed by atoms with Crippen molar-refractivity contribution in [3.8, 4) is 5.75 Å². The summed E-state index contributed by atoms with van der Waals surface area (Å²) in [6, 6.07) is 4.35. The Labute approximate surface area is 116 Å². The molecule has 0 bridgehead atoms. The largest absolute Gasteiger partial charge is 0.494 e. The van der Waals surface area contributed by atoms with Crippen LogP contribution < -0.4 is 10.5 Å². The minimum absolute atomic E-state index is 0.220. The third-order valence-electron chi connectivity index (χ3n) is 2.93. The van der Waals surface area contributed by atoms with Crippen LogP contribution in [0.2, 0.25) is 0 Å². The number of halogens is 1. The first kappa shape index (κ1) is 14.0. The van der Waals surface area contributed by atoms with Gasteiger partial charge in [-0.15, -0.1) is 11.3 Å². The Hall–Kier alpha value is -1.46. The van der Waals surface area contributed by atoms with Crippen molar-refractivity contribution >= 4 is 11.3 Å². The quantitative estimate of drug-likeness (QED) is 0.933. The Morgan fingerprint density at radius 2 is 2.11 bits per heavy atom. The second-order valence-electron chi connectivity index (χ2n) is 4.64. The van der Waals surface area contributed by atoms with Crippen molar-refractivity contribution in [2.45, 2.75) is 25.8 Å². The van der Waals surface area contributed by atoms with Crippen LogP contribution in [-0.4, -0.2) is 12.1 Å². The molecule has 102 valence electrons. The van der Waals surface area contributed by atoms with Crippen LogP contribution in [0.4, 0.5) is 4.39 Å². The number of methoxy groups -OCH3 is 1. The van der Waals surface area contributed by atoms with Crippen LogP contribution in [0, 0.1) is 5.82 Å². The van der Waals surface area contributed by atoms with Crippen LogP contribution in [0.15, 0.2) is 23.6 Å². The maximum atomic E-state index is 13.7. The summed E-state index contributed by atoms with van der Waals surface area (Å²) < 4.78 is 18.6. The van der Waals surface area contributed by atoms with Gasteiger partial charge in [0, 0.05) is 5.38 Å². The molecule has 3 nitrogen and oxygen atoms in total. The zero-order chi connectivity index (χ0) is 14.0. The van der Waals surface area contributed by atoms with Crippen LogP contribution in [0.25, 0.3) is 0 Å². The Morgan fingerprint density at radius 3 is 2.63 bits per heavy atom. The van der Waals surface area contributed by atoms with Crippen molar-refractivity contribution < 1.29 is 9.13 Å². The van der Waals surface area contributed by atoms with E-state index in [1.165, 1.54) is 24.5 Å². The van der Waals surface area contributed by atoms with E-state index >= 15 is 0 Å². The molecular weight excluding hydrogens is 263 g/mol. The van der Waals surface area contributed by atoms with Gasteiger partial charge in [0.25, 0.3) is 0 Å². The number of benzene rings is 1. The Kier molecular flexibility index (Phi) is 4.17. The maximum Gasteiger partial charge on any atom is 0.165 e. The summed E-state index contributed by atoms with van der Waals surface area (Å²) in [7, 11) is 1.44. The number of nitrogens with zero attached hydrogens (tertiary/aromatic N) is 1. The molecule has 1 aromatic heterocycles. The van der Waals surface area contributed by atoms with Gasteiger partial charge in [0.05, 0.1) is 18.8 Å². The summed E-state index contributed by atoms with van der Waals surface area (Å²) in [5.74, 6) is 0.179. The monoisotopic (exact) mass is 280 g/mol. The van der Waals surface area contributed by atoms with Crippen LogP contribution in [0.1, 0.15) is 42.1 Å². The second kappa shape index (κ2) is 5.67. The summed E-state index contributed by atoms with van der Waals surface area (Å²) in [6.07, 6.45) is 0. The SMILES string of the molecule is COc1ccc(C(N)c2nc(C(C)C)cs2)cc1F. The number of rotatable bonds is 4. The van der Waals surface area contributed by atoms with Gasteiger partial charge in [-0.05, 0) is 23.6 Å². The Bertz CT molecular complexity index is 568. The Balaban J connectivity index is 2.27. The molecule has 1 aromatic carbocycles. The van der Waals surface area contributed by atoms with Crippen LogP contribution in [0.5, 0.6) is 5.75 Å². The van der Waals surface area contributed by atoms with E-state index in [1.54, 1.807) is 12.1 Å². The Morgan fingerprint density at radius 1 is 1.37 bits per heavy atom. The van der Waals surface area contributed by atoms with Crippen molar-refractivity contribution in [3.63, 3.8) is 0 Å². The standard InChI is InChI=1S/C14H17FN2OS/c1-8(2)11-7-19-14(17-11)13(16)9-4-5-12(18-3)10(15)6-9/h4-8,13H,16H2,1-3H3. The lowest BCUT2D eigenvalue weighted by atomic mass is 10.1. The van der Waals surface area contributed by atoms with E-state index in [1.807, 2.05) is 5.38 Å². The van der Waals surface area contributed by atoms with Gasteiger partial charge < -0.3 is 10.5 Å². The van der Waals surface area contributed by atoms with Gasteiger partial charge in [-0.3, -0.25) is 0 Å². The van der Waals surface area contributed by atoms with E-state index in [-0.39, 0.29) is 5.75 Å².